The average Bonchev–Trinajstić information content (AvgIpc) is 2.08. The fraction of sp³-hybridized carbons (Fsp3) is 1.00. The molecule has 14 heavy (non-hydrogen) atoms. The van der Waals surface area contributed by atoms with Gasteiger partial charge in [-0.15, -0.1) is 0 Å². The van der Waals surface area contributed by atoms with Gasteiger partial charge in [-0.3, -0.25) is 0 Å². The third kappa shape index (κ3) is 2.10. The highest BCUT2D eigenvalue weighted by Crippen LogP contribution is 2.42. The van der Waals surface area contributed by atoms with Crippen molar-refractivity contribution in [3.8, 4) is 0 Å². The standard InChI is InChI=1S/C11H23NO2/c1-10(2)8(7-12(5)6)9(13)11(3,4)14-10/h8-9,13H,7H2,1-6H3. The summed E-state index contributed by atoms with van der Waals surface area (Å²) in [6.45, 7) is 8.88. The van der Waals surface area contributed by atoms with Crippen molar-refractivity contribution in [2.24, 2.45) is 5.92 Å². The number of hydrogen-bond acceptors (Lipinski definition) is 3. The van der Waals surface area contributed by atoms with Gasteiger partial charge in [-0.05, 0) is 41.8 Å². The quantitative estimate of drug-likeness (QED) is 0.726. The Labute approximate surface area is 87.1 Å². The first kappa shape index (κ1) is 12.0. The van der Waals surface area contributed by atoms with Crippen molar-refractivity contribution < 1.29 is 9.84 Å². The minimum absolute atomic E-state index is 0.174. The van der Waals surface area contributed by atoms with Crippen LogP contribution in [0.25, 0.3) is 0 Å². The summed E-state index contributed by atoms with van der Waals surface area (Å²) in [6, 6.07) is 0. The molecule has 1 aliphatic rings. The summed E-state index contributed by atoms with van der Waals surface area (Å²) in [5, 5.41) is 10.1. The molecule has 0 bridgehead atoms. The highest BCUT2D eigenvalue weighted by Gasteiger charge is 2.53. The van der Waals surface area contributed by atoms with E-state index in [2.05, 4.69) is 18.7 Å². The van der Waals surface area contributed by atoms with Crippen molar-refractivity contribution >= 4 is 0 Å². The normalized spacial score (nSPS) is 35.1. The van der Waals surface area contributed by atoms with Crippen molar-refractivity contribution in [3.05, 3.63) is 0 Å². The second-order valence-electron chi connectivity index (χ2n) is 5.62. The first-order valence-corrected chi connectivity index (χ1v) is 5.20. The Morgan fingerprint density at radius 1 is 1.14 bits per heavy atom. The molecule has 3 heteroatoms. The molecule has 0 amide bonds. The maximum atomic E-state index is 10.1. The van der Waals surface area contributed by atoms with Crippen molar-refractivity contribution in [1.82, 2.24) is 4.90 Å². The Morgan fingerprint density at radius 2 is 1.64 bits per heavy atom. The van der Waals surface area contributed by atoms with E-state index in [0.717, 1.165) is 6.54 Å². The number of rotatable bonds is 2. The highest BCUT2D eigenvalue weighted by molar-refractivity contribution is 5.02. The molecule has 1 saturated heterocycles. The van der Waals surface area contributed by atoms with Crippen molar-refractivity contribution in [1.29, 1.82) is 0 Å². The lowest BCUT2D eigenvalue weighted by Crippen LogP contribution is -2.41. The molecule has 2 unspecified atom stereocenters. The van der Waals surface area contributed by atoms with Gasteiger partial charge in [-0.25, -0.2) is 0 Å². The van der Waals surface area contributed by atoms with E-state index < -0.39 is 5.60 Å². The number of aliphatic hydroxyl groups is 1. The molecule has 0 saturated carbocycles. The fourth-order valence-corrected chi connectivity index (χ4v) is 2.39. The van der Waals surface area contributed by atoms with Gasteiger partial charge >= 0.3 is 0 Å². The van der Waals surface area contributed by atoms with Crippen LogP contribution in [0, 0.1) is 5.92 Å². The topological polar surface area (TPSA) is 32.7 Å². The summed E-state index contributed by atoms with van der Waals surface area (Å²) in [4.78, 5) is 2.10. The van der Waals surface area contributed by atoms with Crippen LogP contribution in [-0.2, 0) is 4.74 Å². The van der Waals surface area contributed by atoms with E-state index in [1.54, 1.807) is 0 Å². The lowest BCUT2D eigenvalue weighted by Gasteiger charge is -2.29. The van der Waals surface area contributed by atoms with Crippen LogP contribution in [0.1, 0.15) is 27.7 Å². The third-order valence-corrected chi connectivity index (χ3v) is 3.07. The minimum Gasteiger partial charge on any atom is -0.390 e. The van der Waals surface area contributed by atoms with Gasteiger partial charge in [0.2, 0.25) is 0 Å². The van der Waals surface area contributed by atoms with Gasteiger partial charge in [0.1, 0.15) is 0 Å². The van der Waals surface area contributed by atoms with E-state index in [-0.39, 0.29) is 17.6 Å². The van der Waals surface area contributed by atoms with Crippen LogP contribution in [0.2, 0.25) is 0 Å². The summed E-state index contributed by atoms with van der Waals surface area (Å²) in [6.07, 6.45) is -0.389. The van der Waals surface area contributed by atoms with E-state index >= 15 is 0 Å². The molecule has 1 aliphatic heterocycles. The summed E-state index contributed by atoms with van der Waals surface area (Å²) < 4.78 is 5.89. The second kappa shape index (κ2) is 3.47. The van der Waals surface area contributed by atoms with Crippen LogP contribution >= 0.6 is 0 Å². The molecule has 1 N–H and O–H groups in total. The number of hydrogen-bond donors (Lipinski definition) is 1. The van der Waals surface area contributed by atoms with Gasteiger partial charge in [0.15, 0.2) is 0 Å². The van der Waals surface area contributed by atoms with Crippen LogP contribution in [-0.4, -0.2) is 48.0 Å². The molecule has 0 aliphatic carbocycles. The lowest BCUT2D eigenvalue weighted by molar-refractivity contribution is -0.0911. The average molecular weight is 201 g/mol. The lowest BCUT2D eigenvalue weighted by atomic mass is 9.84. The molecule has 0 aromatic carbocycles. The molecule has 0 radical (unpaired) electrons. The Kier molecular flexibility index (Phi) is 2.96. The van der Waals surface area contributed by atoms with E-state index in [4.69, 9.17) is 4.74 Å². The maximum absolute atomic E-state index is 10.1. The van der Waals surface area contributed by atoms with Gasteiger partial charge in [-0.2, -0.15) is 0 Å². The molecule has 0 spiro atoms. The molecule has 0 aromatic rings. The molecule has 1 heterocycles. The Morgan fingerprint density at radius 3 is 1.93 bits per heavy atom. The number of ether oxygens (including phenoxy) is 1. The van der Waals surface area contributed by atoms with Gasteiger partial charge < -0.3 is 14.7 Å². The van der Waals surface area contributed by atoms with Crippen molar-refractivity contribution in [2.75, 3.05) is 20.6 Å². The molecule has 2 atom stereocenters. The smallest absolute Gasteiger partial charge is 0.0896 e. The molecule has 84 valence electrons. The number of aliphatic hydroxyl groups excluding tert-OH is 1. The van der Waals surface area contributed by atoms with Gasteiger partial charge in [0.05, 0.1) is 17.3 Å². The minimum atomic E-state index is -0.426. The molecule has 1 fully saturated rings. The van der Waals surface area contributed by atoms with Crippen molar-refractivity contribution in [3.63, 3.8) is 0 Å². The van der Waals surface area contributed by atoms with E-state index in [0.29, 0.717) is 0 Å². The zero-order valence-corrected chi connectivity index (χ0v) is 10.2. The molecular formula is C11H23NO2. The fourth-order valence-electron chi connectivity index (χ4n) is 2.39. The Bertz CT molecular complexity index is 211. The summed E-state index contributed by atoms with van der Waals surface area (Å²) >= 11 is 0. The summed E-state index contributed by atoms with van der Waals surface area (Å²) in [7, 11) is 4.04. The Hall–Kier alpha value is -0.120. The van der Waals surface area contributed by atoms with Crippen LogP contribution in [0.15, 0.2) is 0 Å². The number of nitrogens with zero attached hydrogens (tertiary/aromatic N) is 1. The first-order chi connectivity index (χ1) is 6.17. The monoisotopic (exact) mass is 201 g/mol. The van der Waals surface area contributed by atoms with Crippen LogP contribution in [0.4, 0.5) is 0 Å². The van der Waals surface area contributed by atoms with Gasteiger partial charge in [-0.1, -0.05) is 0 Å². The van der Waals surface area contributed by atoms with Crippen LogP contribution in [0.5, 0.6) is 0 Å². The van der Waals surface area contributed by atoms with Crippen molar-refractivity contribution in [2.45, 2.75) is 45.0 Å². The molecular weight excluding hydrogens is 178 g/mol. The van der Waals surface area contributed by atoms with Gasteiger partial charge in [0.25, 0.3) is 0 Å². The summed E-state index contributed by atoms with van der Waals surface area (Å²) in [5.74, 6) is 0.174. The molecule has 3 nitrogen and oxygen atoms in total. The largest absolute Gasteiger partial charge is 0.390 e. The SMILES string of the molecule is CN(C)CC1C(O)C(C)(C)OC1(C)C. The predicted molar refractivity (Wildman–Crippen MR) is 57.3 cm³/mol. The van der Waals surface area contributed by atoms with Crippen LogP contribution in [0.3, 0.4) is 0 Å². The van der Waals surface area contributed by atoms with E-state index in [1.165, 1.54) is 0 Å². The second-order valence-corrected chi connectivity index (χ2v) is 5.62. The summed E-state index contributed by atoms with van der Waals surface area (Å²) in [5.41, 5.74) is -0.669. The van der Waals surface area contributed by atoms with Gasteiger partial charge in [0, 0.05) is 12.5 Å². The maximum Gasteiger partial charge on any atom is 0.0896 e. The predicted octanol–water partition coefficient (Wildman–Crippen LogP) is 1.11. The highest BCUT2D eigenvalue weighted by atomic mass is 16.5. The molecule has 0 aromatic heterocycles. The third-order valence-electron chi connectivity index (χ3n) is 3.07. The van der Waals surface area contributed by atoms with E-state index in [9.17, 15) is 5.11 Å². The zero-order chi connectivity index (χ0) is 11.1. The first-order valence-electron chi connectivity index (χ1n) is 5.20. The zero-order valence-electron chi connectivity index (χ0n) is 10.2. The Balaban J connectivity index is 2.82. The van der Waals surface area contributed by atoms with Crippen LogP contribution < -0.4 is 0 Å². The van der Waals surface area contributed by atoms with E-state index in [1.807, 2.05) is 27.9 Å². The molecule has 1 rings (SSSR count).